The molecule has 76 valence electrons. The first-order valence-electron chi connectivity index (χ1n) is 4.75. The van der Waals surface area contributed by atoms with Crippen LogP contribution in [0.3, 0.4) is 0 Å². The molecule has 2 rings (SSSR count). The first-order chi connectivity index (χ1) is 6.83. The molecule has 1 heterocycles. The van der Waals surface area contributed by atoms with Crippen LogP contribution < -0.4 is 10.6 Å². The zero-order valence-corrected chi connectivity index (χ0v) is 9.44. The molecule has 0 bridgehead atoms. The van der Waals surface area contributed by atoms with Crippen molar-refractivity contribution in [1.29, 1.82) is 0 Å². The maximum Gasteiger partial charge on any atom is 0.146 e. The zero-order valence-electron chi connectivity index (χ0n) is 7.86. The lowest BCUT2D eigenvalue weighted by Gasteiger charge is -2.23. The van der Waals surface area contributed by atoms with Crippen LogP contribution >= 0.6 is 15.9 Å². The van der Waals surface area contributed by atoms with Gasteiger partial charge in [0, 0.05) is 25.3 Å². The minimum atomic E-state index is 0.629. The van der Waals surface area contributed by atoms with Gasteiger partial charge in [0.15, 0.2) is 0 Å². The highest BCUT2D eigenvalue weighted by molar-refractivity contribution is 9.10. The predicted octanol–water partition coefficient (Wildman–Crippen LogP) is 1.17. The zero-order chi connectivity index (χ0) is 9.97. The van der Waals surface area contributed by atoms with Crippen LogP contribution in [0, 0.1) is 0 Å². The summed E-state index contributed by atoms with van der Waals surface area (Å²) in [5.74, 6) is 0.966. The van der Waals surface area contributed by atoms with E-state index in [1.54, 1.807) is 12.5 Å². The van der Waals surface area contributed by atoms with Gasteiger partial charge >= 0.3 is 0 Å². The fraction of sp³-hybridized carbons (Fsp3) is 0.556. The van der Waals surface area contributed by atoms with E-state index in [0.717, 1.165) is 16.8 Å². The maximum absolute atomic E-state index is 5.58. The molecule has 0 spiro atoms. The van der Waals surface area contributed by atoms with E-state index in [-0.39, 0.29) is 0 Å². The fourth-order valence-electron chi connectivity index (χ4n) is 1.50. The van der Waals surface area contributed by atoms with E-state index < -0.39 is 0 Å². The fourth-order valence-corrected chi connectivity index (χ4v) is 1.95. The van der Waals surface area contributed by atoms with Crippen molar-refractivity contribution in [3.63, 3.8) is 0 Å². The monoisotopic (exact) mass is 256 g/mol. The molecule has 1 aliphatic rings. The molecular weight excluding hydrogens is 244 g/mol. The summed E-state index contributed by atoms with van der Waals surface area (Å²) in [5.41, 5.74) is 5.58. The molecule has 0 unspecified atom stereocenters. The number of hydrogen-bond donors (Lipinski definition) is 1. The topological polar surface area (TPSA) is 55.0 Å². The van der Waals surface area contributed by atoms with Crippen molar-refractivity contribution in [3.05, 3.63) is 17.0 Å². The number of halogens is 1. The van der Waals surface area contributed by atoms with Crippen molar-refractivity contribution in [2.24, 2.45) is 5.73 Å². The number of hydrogen-bond acceptors (Lipinski definition) is 4. The normalized spacial score (nSPS) is 15.6. The molecule has 14 heavy (non-hydrogen) atoms. The van der Waals surface area contributed by atoms with E-state index in [0.29, 0.717) is 12.6 Å². The molecule has 1 aliphatic carbocycles. The Hall–Kier alpha value is -0.680. The molecule has 1 aromatic heterocycles. The van der Waals surface area contributed by atoms with E-state index in [4.69, 9.17) is 5.73 Å². The van der Waals surface area contributed by atoms with Crippen LogP contribution in [0.5, 0.6) is 0 Å². The first-order valence-corrected chi connectivity index (χ1v) is 5.54. The van der Waals surface area contributed by atoms with Crippen LogP contribution in [-0.2, 0) is 0 Å². The third-order valence-corrected chi connectivity index (χ3v) is 2.84. The molecule has 0 amide bonds. The summed E-state index contributed by atoms with van der Waals surface area (Å²) in [5, 5.41) is 0. The Bertz CT molecular complexity index is 313. The average Bonchev–Trinajstić information content (AvgIpc) is 2.99. The first kappa shape index (κ1) is 9.86. The lowest BCUT2D eigenvalue weighted by Crippen LogP contribution is -2.32. The van der Waals surface area contributed by atoms with Crippen LogP contribution in [0.4, 0.5) is 5.82 Å². The molecule has 1 saturated carbocycles. The molecule has 4 nitrogen and oxygen atoms in total. The second kappa shape index (κ2) is 4.23. The van der Waals surface area contributed by atoms with Crippen LogP contribution in [-0.4, -0.2) is 29.1 Å². The van der Waals surface area contributed by atoms with Gasteiger partial charge in [0.05, 0.1) is 4.47 Å². The van der Waals surface area contributed by atoms with Gasteiger partial charge in [-0.15, -0.1) is 0 Å². The van der Waals surface area contributed by atoms with Gasteiger partial charge < -0.3 is 10.6 Å². The van der Waals surface area contributed by atoms with Crippen molar-refractivity contribution in [2.75, 3.05) is 18.0 Å². The summed E-state index contributed by atoms with van der Waals surface area (Å²) in [6.45, 7) is 1.52. The summed E-state index contributed by atoms with van der Waals surface area (Å²) >= 11 is 3.46. The summed E-state index contributed by atoms with van der Waals surface area (Å²) < 4.78 is 0.945. The minimum absolute atomic E-state index is 0.629. The molecule has 0 aromatic carbocycles. The minimum Gasteiger partial charge on any atom is -0.351 e. The number of anilines is 1. The van der Waals surface area contributed by atoms with Gasteiger partial charge in [-0.05, 0) is 28.8 Å². The van der Waals surface area contributed by atoms with Gasteiger partial charge in [-0.25, -0.2) is 9.97 Å². The Balaban J connectivity index is 2.21. The molecule has 1 aromatic rings. The summed E-state index contributed by atoms with van der Waals surface area (Å²) in [6, 6.07) is 0.629. The third-order valence-electron chi connectivity index (χ3n) is 2.28. The van der Waals surface area contributed by atoms with Gasteiger partial charge in [-0.1, -0.05) is 0 Å². The lowest BCUT2D eigenvalue weighted by atomic mass is 10.4. The Morgan fingerprint density at radius 2 is 2.36 bits per heavy atom. The van der Waals surface area contributed by atoms with Crippen molar-refractivity contribution in [3.8, 4) is 0 Å². The van der Waals surface area contributed by atoms with Crippen LogP contribution in [0.1, 0.15) is 12.8 Å². The Kier molecular flexibility index (Phi) is 2.98. The molecule has 5 heteroatoms. The van der Waals surface area contributed by atoms with Crippen LogP contribution in [0.2, 0.25) is 0 Å². The molecule has 1 fully saturated rings. The second-order valence-electron chi connectivity index (χ2n) is 3.41. The van der Waals surface area contributed by atoms with Gasteiger partial charge in [-0.3, -0.25) is 0 Å². The smallest absolute Gasteiger partial charge is 0.146 e. The standard InChI is InChI=1S/C9H13BrN4/c10-8-5-12-6-13-9(8)14(4-3-11)7-1-2-7/h5-7H,1-4,11H2. The van der Waals surface area contributed by atoms with Gasteiger partial charge in [-0.2, -0.15) is 0 Å². The SMILES string of the molecule is NCCN(c1ncncc1Br)C1CC1. The van der Waals surface area contributed by atoms with Crippen molar-refractivity contribution < 1.29 is 0 Å². The number of nitrogens with zero attached hydrogens (tertiary/aromatic N) is 3. The second-order valence-corrected chi connectivity index (χ2v) is 4.26. The van der Waals surface area contributed by atoms with E-state index in [2.05, 4.69) is 30.8 Å². The van der Waals surface area contributed by atoms with Crippen molar-refractivity contribution in [2.45, 2.75) is 18.9 Å². The van der Waals surface area contributed by atoms with Crippen LogP contribution in [0.15, 0.2) is 17.0 Å². The Labute approximate surface area is 91.7 Å². The van der Waals surface area contributed by atoms with Gasteiger partial charge in [0.25, 0.3) is 0 Å². The number of nitrogens with two attached hydrogens (primary N) is 1. The molecule has 0 saturated heterocycles. The molecule has 0 radical (unpaired) electrons. The molecule has 0 atom stereocenters. The summed E-state index contributed by atoms with van der Waals surface area (Å²) in [4.78, 5) is 10.5. The van der Waals surface area contributed by atoms with E-state index in [9.17, 15) is 0 Å². The Morgan fingerprint density at radius 3 is 2.93 bits per heavy atom. The van der Waals surface area contributed by atoms with E-state index >= 15 is 0 Å². The number of rotatable bonds is 4. The van der Waals surface area contributed by atoms with Crippen LogP contribution in [0.25, 0.3) is 0 Å². The lowest BCUT2D eigenvalue weighted by molar-refractivity contribution is 0.766. The van der Waals surface area contributed by atoms with Crippen molar-refractivity contribution in [1.82, 2.24) is 9.97 Å². The largest absolute Gasteiger partial charge is 0.351 e. The summed E-state index contributed by atoms with van der Waals surface area (Å²) in [6.07, 6.45) is 5.84. The van der Waals surface area contributed by atoms with Gasteiger partial charge in [0.1, 0.15) is 12.1 Å². The summed E-state index contributed by atoms with van der Waals surface area (Å²) in [7, 11) is 0. The highest BCUT2D eigenvalue weighted by Crippen LogP contribution is 2.33. The van der Waals surface area contributed by atoms with E-state index in [1.807, 2.05) is 0 Å². The average molecular weight is 257 g/mol. The predicted molar refractivity (Wildman–Crippen MR) is 59.2 cm³/mol. The van der Waals surface area contributed by atoms with Crippen molar-refractivity contribution >= 4 is 21.7 Å². The third kappa shape index (κ3) is 2.04. The quantitative estimate of drug-likeness (QED) is 0.879. The molecular formula is C9H13BrN4. The van der Waals surface area contributed by atoms with Gasteiger partial charge in [0.2, 0.25) is 0 Å². The highest BCUT2D eigenvalue weighted by atomic mass is 79.9. The molecule has 2 N–H and O–H groups in total. The highest BCUT2D eigenvalue weighted by Gasteiger charge is 2.30. The Morgan fingerprint density at radius 1 is 1.57 bits per heavy atom. The molecule has 0 aliphatic heterocycles. The van der Waals surface area contributed by atoms with E-state index in [1.165, 1.54) is 12.8 Å². The number of aromatic nitrogens is 2. The maximum atomic E-state index is 5.58.